The summed E-state index contributed by atoms with van der Waals surface area (Å²) in [5.41, 5.74) is 1.74. The number of carboxylic acid groups (broad SMARTS) is 1. The highest BCUT2D eigenvalue weighted by Crippen LogP contribution is 2.12. The van der Waals surface area contributed by atoms with Crippen molar-refractivity contribution >= 4 is 11.9 Å². The van der Waals surface area contributed by atoms with Crippen LogP contribution in [0.25, 0.3) is 0 Å². The van der Waals surface area contributed by atoms with Crippen LogP contribution in [-0.2, 0) is 16.1 Å². The number of rotatable bonds is 4. The predicted molar refractivity (Wildman–Crippen MR) is 63.8 cm³/mol. The average molecular weight is 252 g/mol. The molecule has 2 N–H and O–H groups in total. The normalized spacial score (nSPS) is 12.0. The predicted octanol–water partition coefficient (Wildman–Crippen LogP) is 1.33. The van der Waals surface area contributed by atoms with Gasteiger partial charge >= 0.3 is 5.97 Å². The Morgan fingerprint density at radius 1 is 1.28 bits per heavy atom. The molecule has 0 aliphatic rings. The van der Waals surface area contributed by atoms with Gasteiger partial charge < -0.3 is 14.9 Å². The van der Waals surface area contributed by atoms with Crippen LogP contribution >= 0.6 is 0 Å². The molecule has 18 heavy (non-hydrogen) atoms. The van der Waals surface area contributed by atoms with Gasteiger partial charge in [0.15, 0.2) is 0 Å². The Hall–Kier alpha value is -2.11. The Labute approximate surface area is 105 Å². The number of aryl methyl sites for hydroxylation is 2. The Balaban J connectivity index is 2.74. The minimum Gasteiger partial charge on any atom is -0.478 e. The zero-order valence-electron chi connectivity index (χ0n) is 10.8. The minimum atomic E-state index is -1.10. The highest BCUT2D eigenvalue weighted by Gasteiger charge is 2.14. The number of hydrogen-bond donors (Lipinski definition) is 2. The standard InChI is InChI=1S/C12H16N2O4/c1-6(7(2)12(16)17)11(15)13-5-10-8(3)14-18-9(10)4/h5H2,1-4H3,(H,13,15)(H,16,17). The third-order valence-corrected chi connectivity index (χ3v) is 2.83. The van der Waals surface area contributed by atoms with Crippen molar-refractivity contribution in [3.05, 3.63) is 28.2 Å². The van der Waals surface area contributed by atoms with E-state index in [1.807, 2.05) is 0 Å². The molecular formula is C12H16N2O4. The molecule has 1 rings (SSSR count). The number of carbonyl (C=O) groups is 2. The van der Waals surface area contributed by atoms with E-state index in [1.165, 1.54) is 13.8 Å². The van der Waals surface area contributed by atoms with E-state index in [4.69, 9.17) is 9.63 Å². The SMILES string of the molecule is CC(C(=O)O)=C(C)C(=O)NCc1c(C)noc1C. The van der Waals surface area contributed by atoms with Gasteiger partial charge in [-0.2, -0.15) is 0 Å². The molecule has 6 nitrogen and oxygen atoms in total. The fourth-order valence-electron chi connectivity index (χ4n) is 1.39. The van der Waals surface area contributed by atoms with Crippen LogP contribution in [0.15, 0.2) is 15.7 Å². The smallest absolute Gasteiger partial charge is 0.331 e. The Bertz CT molecular complexity index is 495. The monoisotopic (exact) mass is 252 g/mol. The fourth-order valence-corrected chi connectivity index (χ4v) is 1.39. The van der Waals surface area contributed by atoms with E-state index in [-0.39, 0.29) is 17.7 Å². The minimum absolute atomic E-state index is 0.0336. The van der Waals surface area contributed by atoms with Crippen LogP contribution in [0.3, 0.4) is 0 Å². The third-order valence-electron chi connectivity index (χ3n) is 2.83. The second-order valence-corrected chi connectivity index (χ2v) is 4.04. The first kappa shape index (κ1) is 14.0. The molecule has 0 saturated carbocycles. The summed E-state index contributed by atoms with van der Waals surface area (Å²) in [6, 6.07) is 0. The quantitative estimate of drug-likeness (QED) is 0.788. The highest BCUT2D eigenvalue weighted by molar-refractivity contribution is 6.01. The molecule has 0 spiro atoms. The summed E-state index contributed by atoms with van der Waals surface area (Å²) in [6.45, 7) is 6.68. The summed E-state index contributed by atoms with van der Waals surface area (Å²) in [5, 5.41) is 15.2. The number of carbonyl (C=O) groups excluding carboxylic acids is 1. The van der Waals surface area contributed by atoms with Crippen molar-refractivity contribution in [1.82, 2.24) is 10.5 Å². The van der Waals surface area contributed by atoms with Gasteiger partial charge in [0, 0.05) is 23.3 Å². The number of aliphatic carboxylic acids is 1. The van der Waals surface area contributed by atoms with Gasteiger partial charge in [0.2, 0.25) is 5.91 Å². The second kappa shape index (κ2) is 5.48. The lowest BCUT2D eigenvalue weighted by Gasteiger charge is -2.06. The zero-order chi connectivity index (χ0) is 13.9. The largest absolute Gasteiger partial charge is 0.478 e. The maximum absolute atomic E-state index is 11.7. The molecule has 0 atom stereocenters. The molecule has 1 heterocycles. The Kier molecular flexibility index (Phi) is 4.25. The van der Waals surface area contributed by atoms with Crippen LogP contribution < -0.4 is 5.32 Å². The molecule has 0 aliphatic heterocycles. The van der Waals surface area contributed by atoms with E-state index in [1.54, 1.807) is 13.8 Å². The van der Waals surface area contributed by atoms with E-state index in [0.29, 0.717) is 11.5 Å². The van der Waals surface area contributed by atoms with Crippen molar-refractivity contribution in [3.63, 3.8) is 0 Å². The van der Waals surface area contributed by atoms with E-state index in [0.717, 1.165) is 5.56 Å². The molecule has 0 saturated heterocycles. The van der Waals surface area contributed by atoms with Crippen molar-refractivity contribution < 1.29 is 19.2 Å². The summed E-state index contributed by atoms with van der Waals surface area (Å²) in [6.07, 6.45) is 0. The van der Waals surface area contributed by atoms with Crippen molar-refractivity contribution in [2.45, 2.75) is 34.2 Å². The van der Waals surface area contributed by atoms with Crippen molar-refractivity contribution in [3.8, 4) is 0 Å². The maximum atomic E-state index is 11.7. The highest BCUT2D eigenvalue weighted by atomic mass is 16.5. The van der Waals surface area contributed by atoms with Crippen molar-refractivity contribution in [1.29, 1.82) is 0 Å². The fraction of sp³-hybridized carbons (Fsp3) is 0.417. The van der Waals surface area contributed by atoms with Crippen LogP contribution in [0.2, 0.25) is 0 Å². The zero-order valence-corrected chi connectivity index (χ0v) is 10.8. The number of amides is 1. The van der Waals surface area contributed by atoms with E-state index in [2.05, 4.69) is 10.5 Å². The molecule has 0 aromatic carbocycles. The molecule has 0 radical (unpaired) electrons. The molecule has 1 amide bonds. The molecule has 0 unspecified atom stereocenters. The number of aromatic nitrogens is 1. The molecule has 1 aromatic rings. The van der Waals surface area contributed by atoms with Gasteiger partial charge in [0.05, 0.1) is 5.69 Å². The van der Waals surface area contributed by atoms with Gasteiger partial charge in [-0.15, -0.1) is 0 Å². The first-order valence-electron chi connectivity index (χ1n) is 5.45. The van der Waals surface area contributed by atoms with Crippen molar-refractivity contribution in [2.75, 3.05) is 0 Å². The van der Waals surface area contributed by atoms with Crippen LogP contribution in [-0.4, -0.2) is 22.1 Å². The molecule has 0 bridgehead atoms. The van der Waals surface area contributed by atoms with Crippen LogP contribution in [0, 0.1) is 13.8 Å². The van der Waals surface area contributed by atoms with Gasteiger partial charge in [0.25, 0.3) is 0 Å². The molecular weight excluding hydrogens is 236 g/mol. The van der Waals surface area contributed by atoms with Gasteiger partial charge in [-0.1, -0.05) is 5.16 Å². The topological polar surface area (TPSA) is 92.4 Å². The van der Waals surface area contributed by atoms with Gasteiger partial charge in [-0.3, -0.25) is 4.79 Å². The van der Waals surface area contributed by atoms with E-state index in [9.17, 15) is 9.59 Å². The number of hydrogen-bond acceptors (Lipinski definition) is 4. The van der Waals surface area contributed by atoms with Crippen molar-refractivity contribution in [2.24, 2.45) is 0 Å². The second-order valence-electron chi connectivity index (χ2n) is 4.04. The number of nitrogens with zero attached hydrogens (tertiary/aromatic N) is 1. The molecule has 0 aliphatic carbocycles. The van der Waals surface area contributed by atoms with Gasteiger partial charge in [-0.05, 0) is 27.7 Å². The summed E-state index contributed by atoms with van der Waals surface area (Å²) in [5.74, 6) is -0.862. The maximum Gasteiger partial charge on any atom is 0.331 e. The molecule has 0 fully saturated rings. The Morgan fingerprint density at radius 2 is 1.89 bits per heavy atom. The number of carboxylic acids is 1. The molecule has 98 valence electrons. The summed E-state index contributed by atoms with van der Waals surface area (Å²) in [4.78, 5) is 22.4. The van der Waals surface area contributed by atoms with E-state index < -0.39 is 11.9 Å². The summed E-state index contributed by atoms with van der Waals surface area (Å²) < 4.78 is 4.97. The first-order valence-corrected chi connectivity index (χ1v) is 5.45. The van der Waals surface area contributed by atoms with Crippen LogP contribution in [0.4, 0.5) is 0 Å². The summed E-state index contributed by atoms with van der Waals surface area (Å²) >= 11 is 0. The van der Waals surface area contributed by atoms with Gasteiger partial charge in [-0.25, -0.2) is 4.79 Å². The van der Waals surface area contributed by atoms with Crippen LogP contribution in [0.1, 0.15) is 30.9 Å². The van der Waals surface area contributed by atoms with Gasteiger partial charge in [0.1, 0.15) is 5.76 Å². The Morgan fingerprint density at radius 3 is 2.33 bits per heavy atom. The molecule has 1 aromatic heterocycles. The average Bonchev–Trinajstić information content (AvgIpc) is 2.64. The molecule has 6 heteroatoms. The number of nitrogens with one attached hydrogen (secondary N) is 1. The van der Waals surface area contributed by atoms with Crippen LogP contribution in [0.5, 0.6) is 0 Å². The first-order chi connectivity index (χ1) is 8.34. The third kappa shape index (κ3) is 2.97. The lowest BCUT2D eigenvalue weighted by Crippen LogP contribution is -2.25. The summed E-state index contributed by atoms with van der Waals surface area (Å²) in [7, 11) is 0. The lowest BCUT2D eigenvalue weighted by atomic mass is 10.1. The lowest BCUT2D eigenvalue weighted by molar-refractivity contribution is -0.133. The van der Waals surface area contributed by atoms with E-state index >= 15 is 0 Å².